The second-order valence-electron chi connectivity index (χ2n) is 7.04. The number of allylic oxidation sites excluding steroid dienone is 1. The number of hydrogen-bond donors (Lipinski definition) is 0. The highest BCUT2D eigenvalue weighted by atomic mass is 19.1. The first kappa shape index (κ1) is 20.0. The molecule has 0 saturated carbocycles. The van der Waals surface area contributed by atoms with Gasteiger partial charge in [0, 0.05) is 36.4 Å². The number of nitrogens with zero attached hydrogens (tertiary/aromatic N) is 3. The summed E-state index contributed by atoms with van der Waals surface area (Å²) in [5.74, 6) is 1.00. The summed E-state index contributed by atoms with van der Waals surface area (Å²) in [4.78, 5) is 9.29. The molecule has 1 saturated heterocycles. The van der Waals surface area contributed by atoms with Gasteiger partial charge >= 0.3 is 0 Å². The quantitative estimate of drug-likeness (QED) is 0.558. The Kier molecular flexibility index (Phi) is 6.05. The molecule has 5 nitrogen and oxygen atoms in total. The molecule has 0 radical (unpaired) electrons. The number of hydrogen-bond acceptors (Lipinski definition) is 4. The number of aromatic nitrogens is 3. The van der Waals surface area contributed by atoms with Crippen LogP contribution in [0.25, 0.3) is 29.2 Å². The molecule has 0 N–H and O–H groups in total. The molecule has 1 aliphatic rings. The molecular weight excluding hydrogens is 381 g/mol. The normalized spacial score (nSPS) is 14.9. The molecular formula is C24H24FN3O2. The van der Waals surface area contributed by atoms with Crippen molar-refractivity contribution in [3.8, 4) is 23.0 Å². The van der Waals surface area contributed by atoms with E-state index in [9.17, 15) is 4.39 Å². The molecule has 2 aromatic heterocycles. The summed E-state index contributed by atoms with van der Waals surface area (Å²) in [5, 5.41) is 0. The lowest BCUT2D eigenvalue weighted by Gasteiger charge is -2.22. The highest BCUT2D eigenvalue weighted by Crippen LogP contribution is 2.29. The molecule has 154 valence electrons. The summed E-state index contributed by atoms with van der Waals surface area (Å²) in [7, 11) is 0. The molecule has 0 amide bonds. The van der Waals surface area contributed by atoms with Crippen LogP contribution in [-0.4, -0.2) is 33.9 Å². The SMILES string of the molecule is C=Cc1c(/C=C\C)nc(-c2ccc(OC3CCOCC3)nc2)n1-c1ccc(F)cc1. The topological polar surface area (TPSA) is 49.2 Å². The van der Waals surface area contributed by atoms with E-state index >= 15 is 0 Å². The van der Waals surface area contributed by atoms with E-state index in [4.69, 9.17) is 14.5 Å². The molecule has 0 unspecified atom stereocenters. The van der Waals surface area contributed by atoms with Gasteiger partial charge in [-0.1, -0.05) is 12.7 Å². The van der Waals surface area contributed by atoms with Gasteiger partial charge in [0.2, 0.25) is 5.88 Å². The van der Waals surface area contributed by atoms with Gasteiger partial charge < -0.3 is 9.47 Å². The average Bonchev–Trinajstić information content (AvgIpc) is 3.14. The first-order valence-electron chi connectivity index (χ1n) is 10.0. The Morgan fingerprint density at radius 3 is 2.57 bits per heavy atom. The minimum Gasteiger partial charge on any atom is -0.474 e. The monoisotopic (exact) mass is 405 g/mol. The zero-order chi connectivity index (χ0) is 20.9. The zero-order valence-electron chi connectivity index (χ0n) is 16.9. The van der Waals surface area contributed by atoms with Crippen molar-refractivity contribution in [2.75, 3.05) is 13.2 Å². The van der Waals surface area contributed by atoms with Crippen molar-refractivity contribution in [3.05, 3.63) is 72.5 Å². The fraction of sp³-hybridized carbons (Fsp3) is 0.250. The number of imidazole rings is 1. The van der Waals surface area contributed by atoms with Gasteiger partial charge in [0.15, 0.2) is 0 Å². The molecule has 1 fully saturated rings. The summed E-state index contributed by atoms with van der Waals surface area (Å²) in [6.07, 6.45) is 9.23. The van der Waals surface area contributed by atoms with Gasteiger partial charge in [-0.25, -0.2) is 14.4 Å². The van der Waals surface area contributed by atoms with Crippen molar-refractivity contribution in [2.45, 2.75) is 25.9 Å². The molecule has 4 rings (SSSR count). The van der Waals surface area contributed by atoms with Crippen LogP contribution in [0.3, 0.4) is 0 Å². The van der Waals surface area contributed by atoms with Gasteiger partial charge in [-0.15, -0.1) is 0 Å². The lowest BCUT2D eigenvalue weighted by atomic mass is 10.1. The first-order chi connectivity index (χ1) is 14.7. The number of halogens is 1. The van der Waals surface area contributed by atoms with E-state index in [1.807, 2.05) is 35.8 Å². The Bertz CT molecular complexity index is 1030. The minimum absolute atomic E-state index is 0.131. The van der Waals surface area contributed by atoms with Crippen LogP contribution in [0.15, 0.2) is 55.3 Å². The highest BCUT2D eigenvalue weighted by Gasteiger charge is 2.19. The number of pyridine rings is 1. The third-order valence-corrected chi connectivity index (χ3v) is 4.99. The lowest BCUT2D eigenvalue weighted by molar-refractivity contribution is 0.0237. The molecule has 3 heterocycles. The van der Waals surface area contributed by atoms with Gasteiger partial charge in [-0.05, 0) is 49.4 Å². The molecule has 1 aromatic carbocycles. The first-order valence-corrected chi connectivity index (χ1v) is 10.0. The van der Waals surface area contributed by atoms with Crippen molar-refractivity contribution in [1.82, 2.24) is 14.5 Å². The van der Waals surface area contributed by atoms with Crippen LogP contribution in [-0.2, 0) is 4.74 Å². The van der Waals surface area contributed by atoms with Gasteiger partial charge in [0.1, 0.15) is 17.7 Å². The van der Waals surface area contributed by atoms with Crippen LogP contribution in [0.4, 0.5) is 4.39 Å². The highest BCUT2D eigenvalue weighted by molar-refractivity contribution is 5.69. The number of benzene rings is 1. The molecule has 3 aromatic rings. The maximum Gasteiger partial charge on any atom is 0.213 e. The van der Waals surface area contributed by atoms with Gasteiger partial charge in [0.05, 0.1) is 24.6 Å². The summed E-state index contributed by atoms with van der Waals surface area (Å²) in [6, 6.07) is 10.1. The largest absolute Gasteiger partial charge is 0.474 e. The van der Waals surface area contributed by atoms with E-state index < -0.39 is 0 Å². The zero-order valence-corrected chi connectivity index (χ0v) is 16.9. The van der Waals surface area contributed by atoms with Gasteiger partial charge in [0.25, 0.3) is 0 Å². The summed E-state index contributed by atoms with van der Waals surface area (Å²) >= 11 is 0. The van der Waals surface area contributed by atoms with Crippen molar-refractivity contribution >= 4 is 12.2 Å². The average molecular weight is 405 g/mol. The molecule has 30 heavy (non-hydrogen) atoms. The fourth-order valence-corrected chi connectivity index (χ4v) is 3.52. The summed E-state index contributed by atoms with van der Waals surface area (Å²) in [6.45, 7) is 7.32. The van der Waals surface area contributed by atoms with E-state index in [1.54, 1.807) is 24.4 Å². The van der Waals surface area contributed by atoms with Crippen LogP contribution in [0, 0.1) is 5.82 Å². The lowest BCUT2D eigenvalue weighted by Crippen LogP contribution is -2.26. The third-order valence-electron chi connectivity index (χ3n) is 4.99. The predicted octanol–water partition coefficient (Wildman–Crippen LogP) is 5.31. The predicted molar refractivity (Wildman–Crippen MR) is 116 cm³/mol. The van der Waals surface area contributed by atoms with Crippen LogP contribution in [0.2, 0.25) is 0 Å². The van der Waals surface area contributed by atoms with Crippen LogP contribution in [0.5, 0.6) is 5.88 Å². The number of ether oxygens (including phenoxy) is 2. The van der Waals surface area contributed by atoms with Crippen molar-refractivity contribution in [1.29, 1.82) is 0 Å². The van der Waals surface area contributed by atoms with Crippen LogP contribution < -0.4 is 4.74 Å². The molecule has 0 aliphatic carbocycles. The molecule has 0 bridgehead atoms. The van der Waals surface area contributed by atoms with E-state index in [0.717, 1.165) is 48.7 Å². The van der Waals surface area contributed by atoms with E-state index in [0.29, 0.717) is 11.7 Å². The standard InChI is InChI=1S/C24H24FN3O2/c1-3-5-21-22(4-2)28(19-9-7-18(25)8-10-19)24(27-21)17-6-11-23(26-16-17)30-20-12-14-29-15-13-20/h3-11,16,20H,2,12-15H2,1H3/b5-3-. The van der Waals surface area contributed by atoms with E-state index in [2.05, 4.69) is 11.6 Å². The maximum atomic E-state index is 13.5. The molecule has 0 spiro atoms. The van der Waals surface area contributed by atoms with Gasteiger partial charge in [-0.2, -0.15) is 0 Å². The summed E-state index contributed by atoms with van der Waals surface area (Å²) < 4.78 is 26.8. The smallest absolute Gasteiger partial charge is 0.213 e. The Morgan fingerprint density at radius 2 is 1.93 bits per heavy atom. The Labute approximate surface area is 175 Å². The second-order valence-corrected chi connectivity index (χ2v) is 7.04. The third kappa shape index (κ3) is 4.19. The van der Waals surface area contributed by atoms with Crippen molar-refractivity contribution in [2.24, 2.45) is 0 Å². The molecule has 6 heteroatoms. The molecule has 1 aliphatic heterocycles. The van der Waals surface area contributed by atoms with Gasteiger partial charge in [-0.3, -0.25) is 4.57 Å². The fourth-order valence-electron chi connectivity index (χ4n) is 3.52. The Balaban J connectivity index is 1.72. The number of rotatable bonds is 6. The maximum absolute atomic E-state index is 13.5. The minimum atomic E-state index is -0.287. The van der Waals surface area contributed by atoms with E-state index in [1.165, 1.54) is 12.1 Å². The second kappa shape index (κ2) is 9.05. The Morgan fingerprint density at radius 1 is 1.17 bits per heavy atom. The van der Waals surface area contributed by atoms with Crippen LogP contribution >= 0.6 is 0 Å². The van der Waals surface area contributed by atoms with E-state index in [-0.39, 0.29) is 11.9 Å². The van der Waals surface area contributed by atoms with Crippen molar-refractivity contribution < 1.29 is 13.9 Å². The van der Waals surface area contributed by atoms with Crippen molar-refractivity contribution in [3.63, 3.8) is 0 Å². The van der Waals surface area contributed by atoms with Crippen LogP contribution in [0.1, 0.15) is 31.2 Å². The molecule has 0 atom stereocenters. The summed E-state index contributed by atoms with van der Waals surface area (Å²) in [5.41, 5.74) is 3.25. The Hall–Kier alpha value is -3.25.